The molecule has 0 aliphatic carbocycles. The van der Waals surface area contributed by atoms with Crippen molar-refractivity contribution in [2.75, 3.05) is 85.1 Å². The van der Waals surface area contributed by atoms with Crippen LogP contribution < -0.4 is 33.2 Å². The highest BCUT2D eigenvalue weighted by molar-refractivity contribution is 4.70. The summed E-state index contributed by atoms with van der Waals surface area (Å²) in [7, 11) is 0. The summed E-state index contributed by atoms with van der Waals surface area (Å²) < 4.78 is 0. The van der Waals surface area contributed by atoms with Gasteiger partial charge in [-0.1, -0.05) is 0 Å². The van der Waals surface area contributed by atoms with Crippen molar-refractivity contribution >= 4 is 0 Å². The molecule has 22 heavy (non-hydrogen) atoms. The van der Waals surface area contributed by atoms with Crippen molar-refractivity contribution in [1.29, 1.82) is 0 Å². The van der Waals surface area contributed by atoms with E-state index in [-0.39, 0.29) is 6.17 Å². The number of hydrogen-bond donors (Lipinski definition) is 6. The summed E-state index contributed by atoms with van der Waals surface area (Å²) in [6, 6.07) is 0. The molecule has 0 unspecified atom stereocenters. The summed E-state index contributed by atoms with van der Waals surface area (Å²) >= 11 is 0. The van der Waals surface area contributed by atoms with Crippen LogP contribution in [0.4, 0.5) is 0 Å². The maximum atomic E-state index is 5.44. The first kappa shape index (κ1) is 19.7. The Morgan fingerprint density at radius 1 is 0.864 bits per heavy atom. The minimum absolute atomic E-state index is 0.182. The SMILES string of the molecule is NC(N)CN1CCNCC1.NCCNCCN1CCNCC1. The lowest BCUT2D eigenvalue weighted by atomic mass is 10.3. The first-order valence-corrected chi connectivity index (χ1v) is 8.50. The van der Waals surface area contributed by atoms with Crippen molar-refractivity contribution in [3.8, 4) is 0 Å². The van der Waals surface area contributed by atoms with E-state index >= 15 is 0 Å². The third kappa shape index (κ3) is 10.4. The quantitative estimate of drug-likeness (QED) is 0.212. The molecule has 0 aromatic carbocycles. The van der Waals surface area contributed by atoms with Crippen LogP contribution in [0, 0.1) is 0 Å². The molecule has 0 spiro atoms. The van der Waals surface area contributed by atoms with E-state index in [9.17, 15) is 0 Å². The van der Waals surface area contributed by atoms with Crippen molar-refractivity contribution in [2.45, 2.75) is 6.17 Å². The molecular weight excluding hydrogens is 280 g/mol. The minimum atomic E-state index is -0.182. The van der Waals surface area contributed by atoms with E-state index in [2.05, 4.69) is 25.8 Å². The Bertz CT molecular complexity index is 239. The van der Waals surface area contributed by atoms with Gasteiger partial charge >= 0.3 is 0 Å². The maximum Gasteiger partial charge on any atom is 0.0652 e. The number of nitrogens with two attached hydrogens (primary N) is 3. The van der Waals surface area contributed by atoms with Crippen LogP contribution in [0.25, 0.3) is 0 Å². The van der Waals surface area contributed by atoms with Gasteiger partial charge < -0.3 is 33.2 Å². The molecule has 0 bridgehead atoms. The third-order valence-electron chi connectivity index (χ3n) is 3.81. The molecule has 0 saturated carbocycles. The number of piperazine rings is 2. The molecule has 2 rings (SSSR count). The molecule has 8 nitrogen and oxygen atoms in total. The lowest BCUT2D eigenvalue weighted by Crippen LogP contribution is -2.50. The van der Waals surface area contributed by atoms with Crippen LogP contribution in [0.1, 0.15) is 0 Å². The average molecular weight is 316 g/mol. The molecule has 2 aliphatic rings. The van der Waals surface area contributed by atoms with E-state index < -0.39 is 0 Å². The molecule has 0 amide bonds. The van der Waals surface area contributed by atoms with Crippen LogP contribution in [-0.2, 0) is 0 Å². The molecule has 8 heteroatoms. The summed E-state index contributed by atoms with van der Waals surface area (Å²) in [6.45, 7) is 13.6. The lowest BCUT2D eigenvalue weighted by Gasteiger charge is -2.28. The fourth-order valence-electron chi connectivity index (χ4n) is 2.59. The highest BCUT2D eigenvalue weighted by Crippen LogP contribution is 1.90. The molecule has 0 aromatic heterocycles. The zero-order valence-corrected chi connectivity index (χ0v) is 13.9. The van der Waals surface area contributed by atoms with Gasteiger partial charge in [-0.15, -0.1) is 0 Å². The zero-order valence-electron chi connectivity index (χ0n) is 13.9. The molecule has 0 atom stereocenters. The predicted molar refractivity (Wildman–Crippen MR) is 92.7 cm³/mol. The smallest absolute Gasteiger partial charge is 0.0652 e. The average Bonchev–Trinajstić information content (AvgIpc) is 2.54. The summed E-state index contributed by atoms with van der Waals surface area (Å²) in [6.07, 6.45) is -0.182. The van der Waals surface area contributed by atoms with E-state index in [1.54, 1.807) is 0 Å². The highest BCUT2D eigenvalue weighted by atomic mass is 15.2. The Balaban J connectivity index is 0.000000224. The summed E-state index contributed by atoms with van der Waals surface area (Å²) in [4.78, 5) is 4.75. The molecule has 2 saturated heterocycles. The molecule has 9 N–H and O–H groups in total. The third-order valence-corrected chi connectivity index (χ3v) is 3.81. The predicted octanol–water partition coefficient (Wildman–Crippen LogP) is -3.42. The van der Waals surface area contributed by atoms with Crippen LogP contribution in [0.2, 0.25) is 0 Å². The van der Waals surface area contributed by atoms with E-state index in [4.69, 9.17) is 17.2 Å². The lowest BCUT2D eigenvalue weighted by molar-refractivity contribution is 0.228. The van der Waals surface area contributed by atoms with E-state index in [0.29, 0.717) is 0 Å². The molecule has 132 valence electrons. The largest absolute Gasteiger partial charge is 0.329 e. The second kappa shape index (κ2) is 13.1. The Morgan fingerprint density at radius 3 is 1.91 bits per heavy atom. The standard InChI is InChI=1S/C8H20N4.C6H16N4/c9-1-2-10-3-6-12-7-4-11-5-8-12;7-6(8)5-10-3-1-9-2-4-10/h10-11H,1-9H2;6,9H,1-5,7-8H2. The van der Waals surface area contributed by atoms with Gasteiger partial charge in [-0.05, 0) is 0 Å². The molecular formula is C14H36N8. The van der Waals surface area contributed by atoms with E-state index in [1.807, 2.05) is 0 Å². The van der Waals surface area contributed by atoms with Crippen molar-refractivity contribution in [1.82, 2.24) is 25.8 Å². The van der Waals surface area contributed by atoms with Crippen molar-refractivity contribution in [3.63, 3.8) is 0 Å². The van der Waals surface area contributed by atoms with Gasteiger partial charge in [0, 0.05) is 85.1 Å². The Kier molecular flexibility index (Phi) is 11.8. The number of hydrogen-bond acceptors (Lipinski definition) is 8. The van der Waals surface area contributed by atoms with Gasteiger partial charge in [-0.2, -0.15) is 0 Å². The summed E-state index contributed by atoms with van der Waals surface area (Å²) in [5.41, 5.74) is 16.2. The van der Waals surface area contributed by atoms with Gasteiger partial charge in [0.15, 0.2) is 0 Å². The summed E-state index contributed by atoms with van der Waals surface area (Å²) in [5.74, 6) is 0. The molecule has 0 radical (unpaired) electrons. The Morgan fingerprint density at radius 2 is 1.41 bits per heavy atom. The molecule has 2 fully saturated rings. The van der Waals surface area contributed by atoms with Gasteiger partial charge in [0.05, 0.1) is 6.17 Å². The second-order valence-electron chi connectivity index (χ2n) is 5.84. The fourth-order valence-corrected chi connectivity index (χ4v) is 2.59. The Hall–Kier alpha value is -0.320. The van der Waals surface area contributed by atoms with Crippen molar-refractivity contribution in [3.05, 3.63) is 0 Å². The monoisotopic (exact) mass is 316 g/mol. The van der Waals surface area contributed by atoms with Crippen LogP contribution in [0.5, 0.6) is 0 Å². The number of nitrogens with one attached hydrogen (secondary N) is 3. The Labute approximate surface area is 135 Å². The topological polar surface area (TPSA) is 121 Å². The fraction of sp³-hybridized carbons (Fsp3) is 1.00. The highest BCUT2D eigenvalue weighted by Gasteiger charge is 2.10. The van der Waals surface area contributed by atoms with Gasteiger partial charge in [-0.3, -0.25) is 9.80 Å². The minimum Gasteiger partial charge on any atom is -0.329 e. The summed E-state index contributed by atoms with van der Waals surface area (Å²) in [5, 5.41) is 9.89. The normalized spacial score (nSPS) is 20.7. The first-order valence-electron chi connectivity index (χ1n) is 8.50. The van der Waals surface area contributed by atoms with Crippen molar-refractivity contribution < 1.29 is 0 Å². The van der Waals surface area contributed by atoms with E-state index in [0.717, 1.165) is 72.0 Å². The van der Waals surface area contributed by atoms with Gasteiger partial charge in [0.1, 0.15) is 0 Å². The van der Waals surface area contributed by atoms with Gasteiger partial charge in [0.2, 0.25) is 0 Å². The van der Waals surface area contributed by atoms with E-state index in [1.165, 1.54) is 13.1 Å². The van der Waals surface area contributed by atoms with Crippen LogP contribution >= 0.6 is 0 Å². The molecule has 0 aromatic rings. The maximum absolute atomic E-state index is 5.44. The molecule has 2 heterocycles. The van der Waals surface area contributed by atoms with Crippen molar-refractivity contribution in [2.24, 2.45) is 17.2 Å². The van der Waals surface area contributed by atoms with Crippen LogP contribution in [-0.4, -0.2) is 101 Å². The van der Waals surface area contributed by atoms with Crippen LogP contribution in [0.3, 0.4) is 0 Å². The zero-order chi connectivity index (χ0) is 16.0. The second-order valence-corrected chi connectivity index (χ2v) is 5.84. The van der Waals surface area contributed by atoms with Crippen LogP contribution in [0.15, 0.2) is 0 Å². The first-order chi connectivity index (χ1) is 10.7. The number of nitrogens with zero attached hydrogens (tertiary/aromatic N) is 2. The van der Waals surface area contributed by atoms with Gasteiger partial charge in [-0.25, -0.2) is 0 Å². The van der Waals surface area contributed by atoms with Gasteiger partial charge in [0.25, 0.3) is 0 Å². The number of rotatable bonds is 7. The molecule has 2 aliphatic heterocycles.